The maximum atomic E-state index is 12.2. The van der Waals surface area contributed by atoms with Gasteiger partial charge in [0.25, 0.3) is 10.0 Å². The lowest BCUT2D eigenvalue weighted by Gasteiger charge is -2.17. The van der Waals surface area contributed by atoms with Crippen LogP contribution in [0.15, 0.2) is 56.7 Å². The highest BCUT2D eigenvalue weighted by molar-refractivity contribution is 8.15. The highest BCUT2D eigenvalue weighted by Crippen LogP contribution is 2.34. The molecule has 0 aliphatic carbocycles. The summed E-state index contributed by atoms with van der Waals surface area (Å²) in [6.07, 6.45) is 0. The Balaban J connectivity index is 1.64. The van der Waals surface area contributed by atoms with Crippen molar-refractivity contribution in [3.05, 3.63) is 47.5 Å². The minimum absolute atomic E-state index is 0.00430. The van der Waals surface area contributed by atoms with Crippen LogP contribution in [0.2, 0.25) is 5.02 Å². The summed E-state index contributed by atoms with van der Waals surface area (Å²) < 4.78 is 33.0. The molecule has 0 aromatic heterocycles. The molecule has 3 rings (SSSR count). The van der Waals surface area contributed by atoms with Gasteiger partial charge in [0, 0.05) is 15.6 Å². The fourth-order valence-electron chi connectivity index (χ4n) is 2.05. The summed E-state index contributed by atoms with van der Waals surface area (Å²) in [7, 11) is -2.32. The quantitative estimate of drug-likeness (QED) is 0.654. The molecular weight excluding hydrogens is 400 g/mol. The van der Waals surface area contributed by atoms with E-state index in [0.717, 1.165) is 11.8 Å². The Morgan fingerprint density at radius 1 is 1.19 bits per heavy atom. The lowest BCUT2D eigenvalue weighted by Crippen LogP contribution is -2.43. The summed E-state index contributed by atoms with van der Waals surface area (Å²) in [5.74, 6) is 0.657. The smallest absolute Gasteiger partial charge is 0.337 e. The summed E-state index contributed by atoms with van der Waals surface area (Å²) in [5, 5.41) is 2.98. The van der Waals surface area contributed by atoms with Crippen molar-refractivity contribution in [2.75, 3.05) is 12.4 Å². The number of amidine groups is 1. The van der Waals surface area contributed by atoms with Gasteiger partial charge < -0.3 is 10.1 Å². The minimum atomic E-state index is -3.86. The zero-order valence-corrected chi connectivity index (χ0v) is 15.7. The molecule has 11 heteroatoms. The average molecular weight is 413 g/mol. The minimum Gasteiger partial charge on any atom is -0.497 e. The highest BCUT2D eigenvalue weighted by atomic mass is 35.5. The second kappa shape index (κ2) is 7.44. The van der Waals surface area contributed by atoms with Gasteiger partial charge in [0.15, 0.2) is 5.17 Å². The van der Waals surface area contributed by atoms with Crippen molar-refractivity contribution in [2.24, 2.45) is 4.40 Å². The van der Waals surface area contributed by atoms with E-state index in [0.29, 0.717) is 21.4 Å². The van der Waals surface area contributed by atoms with E-state index in [1.165, 1.54) is 18.2 Å². The van der Waals surface area contributed by atoms with Crippen LogP contribution >= 0.6 is 23.4 Å². The van der Waals surface area contributed by atoms with Crippen LogP contribution in [-0.2, 0) is 10.0 Å². The van der Waals surface area contributed by atoms with Gasteiger partial charge >= 0.3 is 6.03 Å². The number of hydrazine groups is 1. The van der Waals surface area contributed by atoms with E-state index in [2.05, 4.69) is 20.6 Å². The van der Waals surface area contributed by atoms with Gasteiger partial charge in [0.2, 0.25) is 0 Å². The van der Waals surface area contributed by atoms with E-state index in [9.17, 15) is 13.2 Å². The number of hydrogen-bond acceptors (Lipinski definition) is 6. The first-order chi connectivity index (χ1) is 12.4. The third-order valence-electron chi connectivity index (χ3n) is 3.22. The maximum absolute atomic E-state index is 12.2. The Bertz CT molecular complexity index is 978. The van der Waals surface area contributed by atoms with Crippen molar-refractivity contribution in [2.45, 2.75) is 9.79 Å². The van der Waals surface area contributed by atoms with Gasteiger partial charge in [-0.3, -0.25) is 5.43 Å². The number of anilines is 1. The van der Waals surface area contributed by atoms with Gasteiger partial charge in [-0.25, -0.2) is 10.2 Å². The van der Waals surface area contributed by atoms with E-state index in [1.54, 1.807) is 31.4 Å². The summed E-state index contributed by atoms with van der Waals surface area (Å²) in [6.45, 7) is 0. The molecule has 2 aromatic carbocycles. The van der Waals surface area contributed by atoms with Crippen molar-refractivity contribution in [3.8, 4) is 5.75 Å². The number of hydrogen-bond donors (Lipinski definition) is 3. The normalized spacial score (nSPS) is 14.6. The van der Waals surface area contributed by atoms with Crippen LogP contribution in [0.5, 0.6) is 5.75 Å². The van der Waals surface area contributed by atoms with Crippen LogP contribution in [0.1, 0.15) is 0 Å². The Labute approximate surface area is 159 Å². The Kier molecular flexibility index (Phi) is 5.25. The number of thioether (sulfide) groups is 1. The number of rotatable bonds is 2. The average Bonchev–Trinajstić information content (AvgIpc) is 2.59. The first-order valence-corrected chi connectivity index (χ1v) is 9.80. The number of sulfonamides is 1. The monoisotopic (exact) mass is 412 g/mol. The SMILES string of the molecule is COc1ccc(NC(=O)NNC2=NS(=O)(=O)c3ccc(Cl)cc3S2)cc1. The van der Waals surface area contributed by atoms with Crippen molar-refractivity contribution in [1.82, 2.24) is 10.9 Å². The number of urea groups is 1. The number of halogens is 1. The van der Waals surface area contributed by atoms with E-state index in [1.807, 2.05) is 0 Å². The topological polar surface area (TPSA) is 109 Å². The molecule has 1 aliphatic rings. The third-order valence-corrected chi connectivity index (χ3v) is 5.98. The lowest BCUT2D eigenvalue weighted by atomic mass is 10.3. The van der Waals surface area contributed by atoms with Crippen molar-refractivity contribution in [3.63, 3.8) is 0 Å². The number of carbonyl (C=O) groups excluding carboxylic acids is 1. The van der Waals surface area contributed by atoms with Crippen LogP contribution < -0.4 is 20.9 Å². The molecule has 0 bridgehead atoms. The molecule has 136 valence electrons. The van der Waals surface area contributed by atoms with Gasteiger partial charge in [-0.1, -0.05) is 11.6 Å². The van der Waals surface area contributed by atoms with Crippen molar-refractivity contribution in [1.29, 1.82) is 0 Å². The standard InChI is InChI=1S/C15H13ClN4O4S2/c1-24-11-5-3-10(4-6-11)17-14(21)18-19-15-20-26(22,23)13-7-2-9(16)8-12(13)25-15/h2-8H,1H3,(H,19,20)(H2,17,18,21). The number of carbonyl (C=O) groups is 1. The van der Waals surface area contributed by atoms with Crippen LogP contribution in [0.3, 0.4) is 0 Å². The van der Waals surface area contributed by atoms with E-state index < -0.39 is 16.1 Å². The second-order valence-corrected chi connectivity index (χ2v) is 8.04. The molecule has 8 nitrogen and oxygen atoms in total. The summed E-state index contributed by atoms with van der Waals surface area (Å²) in [6, 6.07) is 10.5. The zero-order valence-electron chi connectivity index (χ0n) is 13.3. The molecule has 0 atom stereocenters. The predicted molar refractivity (Wildman–Crippen MR) is 100 cm³/mol. The number of nitrogens with one attached hydrogen (secondary N) is 3. The highest BCUT2D eigenvalue weighted by Gasteiger charge is 2.26. The molecule has 2 amide bonds. The van der Waals surface area contributed by atoms with Crippen LogP contribution in [0, 0.1) is 0 Å². The molecule has 2 aromatic rings. The number of nitrogens with zero attached hydrogens (tertiary/aromatic N) is 1. The Morgan fingerprint density at radius 3 is 2.62 bits per heavy atom. The fourth-order valence-corrected chi connectivity index (χ4v) is 4.75. The predicted octanol–water partition coefficient (Wildman–Crippen LogP) is 2.83. The molecule has 0 saturated heterocycles. The first kappa shape index (κ1) is 18.4. The van der Waals surface area contributed by atoms with Crippen LogP contribution in [0.4, 0.5) is 10.5 Å². The molecule has 0 unspecified atom stereocenters. The van der Waals surface area contributed by atoms with Gasteiger partial charge in [0.05, 0.1) is 7.11 Å². The molecular formula is C15H13ClN4O4S2. The lowest BCUT2D eigenvalue weighted by molar-refractivity contribution is 0.250. The van der Waals surface area contributed by atoms with Crippen molar-refractivity contribution < 1.29 is 17.9 Å². The molecule has 0 fully saturated rings. The molecule has 0 spiro atoms. The Morgan fingerprint density at radius 2 is 1.92 bits per heavy atom. The molecule has 1 heterocycles. The van der Waals surface area contributed by atoms with Gasteiger partial charge in [0.1, 0.15) is 10.6 Å². The fraction of sp³-hybridized carbons (Fsp3) is 0.0667. The van der Waals surface area contributed by atoms with Crippen LogP contribution in [-0.4, -0.2) is 26.7 Å². The number of amides is 2. The maximum Gasteiger partial charge on any atom is 0.337 e. The van der Waals surface area contributed by atoms with E-state index in [4.69, 9.17) is 16.3 Å². The molecule has 1 aliphatic heterocycles. The molecule has 3 N–H and O–H groups in total. The number of ether oxygens (including phenoxy) is 1. The summed E-state index contributed by atoms with van der Waals surface area (Å²) in [4.78, 5) is 12.4. The molecule has 0 saturated carbocycles. The molecule has 26 heavy (non-hydrogen) atoms. The van der Waals surface area contributed by atoms with Gasteiger partial charge in [-0.2, -0.15) is 8.42 Å². The first-order valence-electron chi connectivity index (χ1n) is 7.17. The van der Waals surface area contributed by atoms with Crippen molar-refractivity contribution >= 4 is 50.3 Å². The number of benzene rings is 2. The zero-order chi connectivity index (χ0) is 18.7. The third kappa shape index (κ3) is 4.21. The number of fused-ring (bicyclic) bond motifs is 1. The van der Waals surface area contributed by atoms with Gasteiger partial charge in [-0.05, 0) is 54.2 Å². The van der Waals surface area contributed by atoms with E-state index >= 15 is 0 Å². The summed E-state index contributed by atoms with van der Waals surface area (Å²) >= 11 is 6.94. The number of methoxy groups -OCH3 is 1. The van der Waals surface area contributed by atoms with Gasteiger partial charge in [-0.15, -0.1) is 4.40 Å². The molecule has 0 radical (unpaired) electrons. The largest absolute Gasteiger partial charge is 0.497 e. The Hall–Kier alpha value is -2.43. The second-order valence-electron chi connectivity index (χ2n) is 5.00. The van der Waals surface area contributed by atoms with E-state index in [-0.39, 0.29) is 10.1 Å². The van der Waals surface area contributed by atoms with Crippen LogP contribution in [0.25, 0.3) is 0 Å². The summed E-state index contributed by atoms with van der Waals surface area (Å²) in [5.41, 5.74) is 5.35.